The number of rotatable bonds is 0. The first-order valence-corrected chi connectivity index (χ1v) is 2.71. The van der Waals surface area contributed by atoms with Crippen LogP contribution in [-0.4, -0.2) is 22.7 Å². The molecule has 1 rings (SSSR count). The van der Waals surface area contributed by atoms with Gasteiger partial charge in [0.15, 0.2) is 0 Å². The lowest BCUT2D eigenvalue weighted by Crippen LogP contribution is -2.13. The summed E-state index contributed by atoms with van der Waals surface area (Å²) in [5.41, 5.74) is -0.495. The third kappa shape index (κ3) is 1.35. The van der Waals surface area contributed by atoms with Gasteiger partial charge in [0.25, 0.3) is 0 Å². The fraction of sp³-hybridized carbons (Fsp3) is 0.333. The van der Waals surface area contributed by atoms with Crippen LogP contribution in [0.4, 0.5) is 0 Å². The van der Waals surface area contributed by atoms with Crippen LogP contribution in [0.5, 0.6) is 0 Å². The van der Waals surface area contributed by atoms with Crippen molar-refractivity contribution in [3.05, 3.63) is 0 Å². The van der Waals surface area contributed by atoms with Crippen molar-refractivity contribution in [3.8, 4) is 0 Å². The Balaban J connectivity index is 2.54. The molecule has 5 heteroatoms. The summed E-state index contributed by atoms with van der Waals surface area (Å²) in [5.74, 6) is 0. The number of alkyl halides is 1. The van der Waals surface area contributed by atoms with E-state index in [1.165, 1.54) is 17.1 Å². The number of halogens is 2. The molecular formula is C3H3Cl2N3. The minimum absolute atomic E-state index is 0.495. The van der Waals surface area contributed by atoms with E-state index < -0.39 is 5.62 Å². The Kier molecular flexibility index (Phi) is 1.70. The summed E-state index contributed by atoms with van der Waals surface area (Å²) >= 11 is 10.8. The smallest absolute Gasteiger partial charge is 0.217 e. The van der Waals surface area contributed by atoms with E-state index in [1.54, 1.807) is 0 Å². The molecule has 0 radical (unpaired) electrons. The minimum atomic E-state index is -0.495. The predicted molar refractivity (Wildman–Crippen MR) is 34.3 cm³/mol. The molecule has 0 aromatic rings. The van der Waals surface area contributed by atoms with Gasteiger partial charge < -0.3 is 0 Å². The molecule has 0 spiro atoms. The normalized spacial score (nSPS) is 20.0. The van der Waals surface area contributed by atoms with Crippen LogP contribution in [0.2, 0.25) is 0 Å². The van der Waals surface area contributed by atoms with Gasteiger partial charge in [0, 0.05) is 11.8 Å². The van der Waals surface area contributed by atoms with E-state index in [4.69, 9.17) is 23.4 Å². The lowest BCUT2D eigenvalue weighted by Gasteiger charge is -2.07. The second kappa shape index (κ2) is 2.33. The van der Waals surface area contributed by atoms with Gasteiger partial charge >= 0.3 is 0 Å². The highest BCUT2D eigenvalue weighted by atomic mass is 35.5. The fourth-order valence-corrected chi connectivity index (χ4v) is 0.507. The molecule has 3 nitrogen and oxygen atoms in total. The zero-order chi connectivity index (χ0) is 5.98. The van der Waals surface area contributed by atoms with Crippen LogP contribution in [-0.2, 0) is 0 Å². The zero-order valence-corrected chi connectivity index (χ0v) is 5.34. The summed E-state index contributed by atoms with van der Waals surface area (Å²) in [6.45, 7) is 0. The average molecular weight is 152 g/mol. The van der Waals surface area contributed by atoms with Gasteiger partial charge in [-0.05, 0) is 0 Å². The molecule has 0 bridgehead atoms. The number of hydrogen-bond acceptors (Lipinski definition) is 3. The van der Waals surface area contributed by atoms with Crippen molar-refractivity contribution in [3.63, 3.8) is 0 Å². The summed E-state index contributed by atoms with van der Waals surface area (Å²) in [4.78, 5) is 7.29. The van der Waals surface area contributed by atoms with Gasteiger partial charge in [0.05, 0.1) is 0 Å². The van der Waals surface area contributed by atoms with E-state index >= 15 is 0 Å². The summed E-state index contributed by atoms with van der Waals surface area (Å²) in [5, 5.41) is 0. The average Bonchev–Trinajstić information content (AvgIpc) is 1.77. The van der Waals surface area contributed by atoms with E-state index in [-0.39, 0.29) is 0 Å². The van der Waals surface area contributed by atoms with Crippen molar-refractivity contribution in [2.45, 2.75) is 5.62 Å². The molecule has 1 aliphatic rings. The van der Waals surface area contributed by atoms with Crippen molar-refractivity contribution in [1.82, 2.24) is 4.42 Å². The zero-order valence-electron chi connectivity index (χ0n) is 3.83. The monoisotopic (exact) mass is 151 g/mol. The van der Waals surface area contributed by atoms with E-state index in [2.05, 4.69) is 9.98 Å². The maximum absolute atomic E-state index is 5.40. The Bertz CT molecular complexity index is 104. The highest BCUT2D eigenvalue weighted by molar-refractivity contribution is 6.27. The van der Waals surface area contributed by atoms with Crippen molar-refractivity contribution < 1.29 is 0 Å². The van der Waals surface area contributed by atoms with Crippen LogP contribution in [0, 0.1) is 0 Å². The van der Waals surface area contributed by atoms with Gasteiger partial charge in [-0.25, -0.2) is 14.4 Å². The topological polar surface area (TPSA) is 28.0 Å². The number of nitrogens with zero attached hydrogens (tertiary/aromatic N) is 3. The van der Waals surface area contributed by atoms with Gasteiger partial charge in [-0.15, -0.1) is 0 Å². The predicted octanol–water partition coefficient (Wildman–Crippen LogP) is 1.03. The molecule has 0 unspecified atom stereocenters. The molecular weight excluding hydrogens is 149 g/mol. The lowest BCUT2D eigenvalue weighted by atomic mass is 10.9. The van der Waals surface area contributed by atoms with E-state index in [0.717, 1.165) is 0 Å². The van der Waals surface area contributed by atoms with Crippen molar-refractivity contribution >= 4 is 36.1 Å². The minimum Gasteiger partial charge on any atom is -0.233 e. The Morgan fingerprint density at radius 2 is 1.88 bits per heavy atom. The van der Waals surface area contributed by atoms with Gasteiger partial charge in [-0.1, -0.05) is 11.6 Å². The van der Waals surface area contributed by atoms with Crippen LogP contribution in [0.25, 0.3) is 0 Å². The SMILES string of the molecule is ClC1N=CN(Cl)C=N1. The molecule has 0 aromatic carbocycles. The summed E-state index contributed by atoms with van der Waals surface area (Å²) in [6, 6.07) is 0. The molecule has 0 saturated heterocycles. The molecule has 8 heavy (non-hydrogen) atoms. The summed E-state index contributed by atoms with van der Waals surface area (Å²) in [6.07, 6.45) is 2.79. The Morgan fingerprint density at radius 3 is 2.25 bits per heavy atom. The van der Waals surface area contributed by atoms with Crippen molar-refractivity contribution in [2.24, 2.45) is 9.98 Å². The maximum Gasteiger partial charge on any atom is 0.217 e. The molecule has 0 aromatic heterocycles. The summed E-state index contributed by atoms with van der Waals surface area (Å²) in [7, 11) is 0. The second-order valence-corrected chi connectivity index (χ2v) is 1.96. The van der Waals surface area contributed by atoms with Gasteiger partial charge in [-0.2, -0.15) is 0 Å². The van der Waals surface area contributed by atoms with Gasteiger partial charge in [0.1, 0.15) is 12.7 Å². The fourth-order valence-electron chi connectivity index (χ4n) is 0.306. The molecule has 1 heterocycles. The number of aliphatic imine (C=N–C) groups is 2. The van der Waals surface area contributed by atoms with Gasteiger partial charge in [-0.3, -0.25) is 0 Å². The molecule has 0 N–H and O–H groups in total. The molecule has 0 atom stereocenters. The maximum atomic E-state index is 5.40. The lowest BCUT2D eigenvalue weighted by molar-refractivity contribution is 0.881. The van der Waals surface area contributed by atoms with E-state index in [9.17, 15) is 0 Å². The Hall–Kier alpha value is -0.280. The largest absolute Gasteiger partial charge is 0.233 e. The van der Waals surface area contributed by atoms with Crippen molar-refractivity contribution in [2.75, 3.05) is 0 Å². The van der Waals surface area contributed by atoms with Gasteiger partial charge in [0.2, 0.25) is 5.62 Å². The third-order valence-electron chi connectivity index (χ3n) is 0.600. The first-order chi connectivity index (χ1) is 3.79. The van der Waals surface area contributed by atoms with Crippen LogP contribution < -0.4 is 0 Å². The molecule has 0 amide bonds. The van der Waals surface area contributed by atoms with Crippen LogP contribution in [0.15, 0.2) is 9.98 Å². The Labute approximate surface area is 56.7 Å². The summed E-state index contributed by atoms with van der Waals surface area (Å²) < 4.78 is 1.21. The highest BCUT2D eigenvalue weighted by Gasteiger charge is 2.00. The third-order valence-corrected chi connectivity index (χ3v) is 1.000. The molecule has 44 valence electrons. The van der Waals surface area contributed by atoms with E-state index in [1.807, 2.05) is 0 Å². The van der Waals surface area contributed by atoms with Crippen LogP contribution >= 0.6 is 23.4 Å². The van der Waals surface area contributed by atoms with Crippen LogP contribution in [0.3, 0.4) is 0 Å². The standard InChI is InChI=1S/C3H3Cl2N3/c4-3-6-1-8(5)2-7-3/h1-3H. The quantitative estimate of drug-likeness (QED) is 0.289. The first kappa shape index (κ1) is 5.85. The van der Waals surface area contributed by atoms with Crippen LogP contribution in [0.1, 0.15) is 0 Å². The van der Waals surface area contributed by atoms with Crippen molar-refractivity contribution in [1.29, 1.82) is 0 Å². The highest BCUT2D eigenvalue weighted by Crippen LogP contribution is 2.03. The Morgan fingerprint density at radius 1 is 1.38 bits per heavy atom. The molecule has 0 fully saturated rings. The number of hydrogen-bond donors (Lipinski definition) is 0. The molecule has 0 saturated carbocycles. The first-order valence-electron chi connectivity index (χ1n) is 1.94. The molecule has 0 aliphatic carbocycles. The molecule has 1 aliphatic heterocycles. The second-order valence-electron chi connectivity index (χ2n) is 1.18. The van der Waals surface area contributed by atoms with E-state index in [0.29, 0.717) is 0 Å².